The van der Waals surface area contributed by atoms with Crippen molar-refractivity contribution < 1.29 is 0 Å². The highest BCUT2D eigenvalue weighted by Crippen LogP contribution is 2.11. The minimum absolute atomic E-state index is 0.113. The van der Waals surface area contributed by atoms with Crippen LogP contribution in [0.1, 0.15) is 28.2 Å². The minimum Gasteiger partial charge on any atom is -0.330 e. The summed E-state index contributed by atoms with van der Waals surface area (Å²) in [6.45, 7) is 4.63. The van der Waals surface area contributed by atoms with Gasteiger partial charge in [-0.25, -0.2) is 4.98 Å². The third-order valence-electron chi connectivity index (χ3n) is 2.90. The summed E-state index contributed by atoms with van der Waals surface area (Å²) in [5, 5.41) is 0. The fourth-order valence-electron chi connectivity index (χ4n) is 2.29. The monoisotopic (exact) mass is 257 g/mol. The van der Waals surface area contributed by atoms with E-state index in [4.69, 9.17) is 5.73 Å². The molecule has 0 spiro atoms. The van der Waals surface area contributed by atoms with Crippen molar-refractivity contribution >= 4 is 0 Å². The van der Waals surface area contributed by atoms with E-state index in [1.54, 1.807) is 0 Å². The van der Waals surface area contributed by atoms with Crippen LogP contribution in [0.5, 0.6) is 0 Å². The van der Waals surface area contributed by atoms with Gasteiger partial charge in [-0.1, -0.05) is 29.3 Å². The molecular weight excluding hydrogens is 238 g/mol. The first-order chi connectivity index (χ1) is 9.06. The lowest BCUT2D eigenvalue weighted by Gasteiger charge is -2.06. The van der Waals surface area contributed by atoms with E-state index in [-0.39, 0.29) is 5.56 Å². The molecule has 0 aliphatic heterocycles. The lowest BCUT2D eigenvalue weighted by Crippen LogP contribution is -2.15. The lowest BCUT2D eigenvalue weighted by molar-refractivity contribution is 0.854. The highest BCUT2D eigenvalue weighted by molar-refractivity contribution is 5.30. The zero-order valence-corrected chi connectivity index (χ0v) is 11.4. The molecule has 3 N–H and O–H groups in total. The maximum absolute atomic E-state index is 11.6. The molecule has 0 saturated heterocycles. The minimum atomic E-state index is -0.113. The van der Waals surface area contributed by atoms with Crippen molar-refractivity contribution in [2.45, 2.75) is 26.7 Å². The van der Waals surface area contributed by atoms with Gasteiger partial charge in [0.2, 0.25) is 0 Å². The highest BCUT2D eigenvalue weighted by atomic mass is 16.1. The van der Waals surface area contributed by atoms with Crippen molar-refractivity contribution in [1.82, 2.24) is 9.97 Å². The Morgan fingerprint density at radius 1 is 1.16 bits per heavy atom. The number of hydrogen-bond donors (Lipinski definition) is 2. The first kappa shape index (κ1) is 13.5. The fourth-order valence-corrected chi connectivity index (χ4v) is 2.29. The van der Waals surface area contributed by atoms with Gasteiger partial charge < -0.3 is 10.7 Å². The third kappa shape index (κ3) is 3.76. The zero-order chi connectivity index (χ0) is 13.8. The number of aromatic nitrogens is 2. The summed E-state index contributed by atoms with van der Waals surface area (Å²) in [7, 11) is 0. The van der Waals surface area contributed by atoms with Gasteiger partial charge in [0.1, 0.15) is 5.82 Å². The number of aromatic amines is 1. The van der Waals surface area contributed by atoms with E-state index in [0.29, 0.717) is 25.2 Å². The van der Waals surface area contributed by atoms with Crippen LogP contribution in [0.3, 0.4) is 0 Å². The molecule has 1 heterocycles. The van der Waals surface area contributed by atoms with Crippen LogP contribution in [0.2, 0.25) is 0 Å². The summed E-state index contributed by atoms with van der Waals surface area (Å²) >= 11 is 0. The average Bonchev–Trinajstić information content (AvgIpc) is 2.26. The molecule has 1 aromatic heterocycles. The average molecular weight is 257 g/mol. The summed E-state index contributed by atoms with van der Waals surface area (Å²) in [5.74, 6) is 0.695. The molecule has 0 aliphatic rings. The molecule has 100 valence electrons. The van der Waals surface area contributed by atoms with Gasteiger partial charge in [0.05, 0.1) is 0 Å². The first-order valence-electron chi connectivity index (χ1n) is 6.43. The molecule has 1 aromatic carbocycles. The molecule has 0 atom stereocenters. The Hall–Kier alpha value is -1.94. The SMILES string of the molecule is Cc1cc(C)cc(Cc2nc(CCN)cc(=O)[nH]2)c1. The van der Waals surface area contributed by atoms with Crippen LogP contribution in [0, 0.1) is 13.8 Å². The second-order valence-corrected chi connectivity index (χ2v) is 4.89. The van der Waals surface area contributed by atoms with Gasteiger partial charge in [-0.05, 0) is 26.0 Å². The van der Waals surface area contributed by atoms with Gasteiger partial charge >= 0.3 is 0 Å². The topological polar surface area (TPSA) is 71.8 Å². The molecule has 0 saturated carbocycles. The Morgan fingerprint density at radius 2 is 1.84 bits per heavy atom. The second kappa shape index (κ2) is 5.80. The Bertz CT molecular complexity index is 611. The maximum atomic E-state index is 11.6. The lowest BCUT2D eigenvalue weighted by atomic mass is 10.0. The van der Waals surface area contributed by atoms with Crippen molar-refractivity contribution in [3.63, 3.8) is 0 Å². The van der Waals surface area contributed by atoms with Crippen LogP contribution in [0.4, 0.5) is 0 Å². The van der Waals surface area contributed by atoms with Crippen molar-refractivity contribution in [3.8, 4) is 0 Å². The van der Waals surface area contributed by atoms with Crippen molar-refractivity contribution in [1.29, 1.82) is 0 Å². The molecule has 0 bridgehead atoms. The number of nitrogens with one attached hydrogen (secondary N) is 1. The largest absolute Gasteiger partial charge is 0.330 e. The Balaban J connectivity index is 2.29. The van der Waals surface area contributed by atoms with Crippen LogP contribution >= 0.6 is 0 Å². The molecule has 0 fully saturated rings. The van der Waals surface area contributed by atoms with E-state index >= 15 is 0 Å². The molecule has 0 amide bonds. The number of aryl methyl sites for hydroxylation is 2. The van der Waals surface area contributed by atoms with Crippen molar-refractivity contribution in [2.75, 3.05) is 6.54 Å². The van der Waals surface area contributed by atoms with Gasteiger partial charge in [-0.3, -0.25) is 4.79 Å². The van der Waals surface area contributed by atoms with E-state index in [9.17, 15) is 4.79 Å². The number of rotatable bonds is 4. The highest BCUT2D eigenvalue weighted by Gasteiger charge is 2.03. The summed E-state index contributed by atoms with van der Waals surface area (Å²) in [6, 6.07) is 7.87. The Kier molecular flexibility index (Phi) is 4.12. The maximum Gasteiger partial charge on any atom is 0.251 e. The van der Waals surface area contributed by atoms with E-state index in [0.717, 1.165) is 11.3 Å². The number of nitrogens with two attached hydrogens (primary N) is 1. The molecule has 2 rings (SSSR count). The first-order valence-corrected chi connectivity index (χ1v) is 6.43. The quantitative estimate of drug-likeness (QED) is 0.871. The smallest absolute Gasteiger partial charge is 0.251 e. The van der Waals surface area contributed by atoms with E-state index < -0.39 is 0 Å². The zero-order valence-electron chi connectivity index (χ0n) is 11.4. The molecule has 0 radical (unpaired) electrons. The van der Waals surface area contributed by atoms with Crippen LogP contribution in [-0.2, 0) is 12.8 Å². The predicted octanol–water partition coefficient (Wildman–Crippen LogP) is 1.48. The molecule has 19 heavy (non-hydrogen) atoms. The molecule has 4 heteroatoms. The van der Waals surface area contributed by atoms with Gasteiger partial charge in [0, 0.05) is 24.6 Å². The number of hydrogen-bond acceptors (Lipinski definition) is 3. The summed E-state index contributed by atoms with van der Waals surface area (Å²) in [4.78, 5) is 18.8. The molecule has 2 aromatic rings. The number of H-pyrrole nitrogens is 1. The van der Waals surface area contributed by atoms with Gasteiger partial charge in [0.25, 0.3) is 5.56 Å². The van der Waals surface area contributed by atoms with Crippen LogP contribution in [0.25, 0.3) is 0 Å². The molecule has 4 nitrogen and oxygen atoms in total. The Labute approximate surface area is 112 Å². The predicted molar refractivity (Wildman–Crippen MR) is 76.3 cm³/mol. The third-order valence-corrected chi connectivity index (χ3v) is 2.90. The molecule has 0 unspecified atom stereocenters. The van der Waals surface area contributed by atoms with Crippen LogP contribution in [-0.4, -0.2) is 16.5 Å². The Morgan fingerprint density at radius 3 is 2.47 bits per heavy atom. The summed E-state index contributed by atoms with van der Waals surface area (Å²) in [6.07, 6.45) is 1.26. The normalized spacial score (nSPS) is 10.7. The molecular formula is C15H19N3O. The van der Waals surface area contributed by atoms with Gasteiger partial charge in [-0.2, -0.15) is 0 Å². The fraction of sp³-hybridized carbons (Fsp3) is 0.333. The second-order valence-electron chi connectivity index (χ2n) is 4.89. The number of benzene rings is 1. The van der Waals surface area contributed by atoms with Gasteiger partial charge in [0.15, 0.2) is 0 Å². The standard InChI is InChI=1S/C15H19N3O/c1-10-5-11(2)7-12(6-10)8-14-17-13(3-4-16)9-15(19)18-14/h5-7,9H,3-4,8,16H2,1-2H3,(H,17,18,19). The summed E-state index contributed by atoms with van der Waals surface area (Å²) < 4.78 is 0. The summed E-state index contributed by atoms with van der Waals surface area (Å²) in [5.41, 5.74) is 9.74. The van der Waals surface area contributed by atoms with Crippen molar-refractivity contribution in [2.24, 2.45) is 5.73 Å². The van der Waals surface area contributed by atoms with Gasteiger partial charge in [-0.15, -0.1) is 0 Å². The van der Waals surface area contributed by atoms with E-state index in [2.05, 4.69) is 42.0 Å². The van der Waals surface area contributed by atoms with Crippen molar-refractivity contribution in [3.05, 3.63) is 62.8 Å². The van der Waals surface area contributed by atoms with E-state index in [1.807, 2.05) is 0 Å². The number of nitrogens with zero attached hydrogens (tertiary/aromatic N) is 1. The van der Waals surface area contributed by atoms with E-state index in [1.165, 1.54) is 17.2 Å². The van der Waals surface area contributed by atoms with Crippen LogP contribution < -0.4 is 11.3 Å². The van der Waals surface area contributed by atoms with Crippen LogP contribution in [0.15, 0.2) is 29.1 Å². The molecule has 0 aliphatic carbocycles.